The van der Waals surface area contributed by atoms with Crippen LogP contribution >= 0.6 is 0 Å². The molecule has 1 atom stereocenters. The number of benzene rings is 1. The molecule has 0 bridgehead atoms. The predicted octanol–water partition coefficient (Wildman–Crippen LogP) is 4.29. The lowest BCUT2D eigenvalue weighted by Gasteiger charge is -2.22. The number of carbonyl (C=O) groups is 1. The number of carbonyl (C=O) groups excluding carboxylic acids is 1. The zero-order valence-electron chi connectivity index (χ0n) is 17.9. The number of hydrogen-bond acceptors (Lipinski definition) is 4. The van der Waals surface area contributed by atoms with Gasteiger partial charge in [0.1, 0.15) is 23.9 Å². The summed E-state index contributed by atoms with van der Waals surface area (Å²) in [6, 6.07) is 4.38. The lowest BCUT2D eigenvalue weighted by molar-refractivity contribution is 0.0937. The second kappa shape index (κ2) is 9.15. The van der Waals surface area contributed by atoms with Gasteiger partial charge in [0.25, 0.3) is 12.3 Å². The fourth-order valence-electron chi connectivity index (χ4n) is 3.06. The highest BCUT2D eigenvalue weighted by Gasteiger charge is 2.24. The minimum atomic E-state index is -2.88. The number of halogens is 4. The first-order chi connectivity index (χ1) is 15.0. The average molecular weight is 452 g/mol. The smallest absolute Gasteiger partial charge is 0.270 e. The average Bonchev–Trinajstić information content (AvgIpc) is 3.07. The fourth-order valence-corrected chi connectivity index (χ4v) is 3.06. The second-order valence-electron chi connectivity index (χ2n) is 7.86. The highest BCUT2D eigenvalue weighted by molar-refractivity contribution is 5.95. The van der Waals surface area contributed by atoms with Gasteiger partial charge in [0, 0.05) is 23.8 Å². The minimum Gasteiger partial charge on any atom is -0.485 e. The first-order valence-corrected chi connectivity index (χ1v) is 9.97. The van der Waals surface area contributed by atoms with Gasteiger partial charge in [0.05, 0.1) is 11.3 Å². The number of aryl methyl sites for hydroxylation is 1. The molecule has 3 rings (SSSR count). The van der Waals surface area contributed by atoms with E-state index in [9.17, 15) is 22.4 Å². The molecule has 2 heterocycles. The molecule has 3 N–H and O–H groups in total. The van der Waals surface area contributed by atoms with Gasteiger partial charge in [0.15, 0.2) is 11.4 Å². The number of nitrogens with one attached hydrogen (secondary N) is 1. The number of alkyl halides is 2. The van der Waals surface area contributed by atoms with E-state index in [0.29, 0.717) is 6.42 Å². The highest BCUT2D eigenvalue weighted by atomic mass is 19.3. The van der Waals surface area contributed by atoms with Crippen molar-refractivity contribution in [1.29, 1.82) is 0 Å². The van der Waals surface area contributed by atoms with Gasteiger partial charge in [0.2, 0.25) is 0 Å². The van der Waals surface area contributed by atoms with Crippen molar-refractivity contribution in [2.45, 2.75) is 45.8 Å². The van der Waals surface area contributed by atoms with Gasteiger partial charge in [-0.2, -0.15) is 0 Å². The van der Waals surface area contributed by atoms with Crippen LogP contribution in [0, 0.1) is 18.6 Å². The Balaban J connectivity index is 2.01. The number of fused-ring (bicyclic) bond motifs is 1. The molecule has 0 aliphatic rings. The summed E-state index contributed by atoms with van der Waals surface area (Å²) in [6.07, 6.45) is -1.18. The molecule has 2 aromatic heterocycles. The lowest BCUT2D eigenvalue weighted by atomic mass is 10.0. The Morgan fingerprint density at radius 3 is 2.56 bits per heavy atom. The molecule has 1 aromatic carbocycles. The number of amides is 1. The lowest BCUT2D eigenvalue weighted by Crippen LogP contribution is -2.47. The SMILES string of the molecule is CCC(C)(N)CNC(=O)c1c(C)nc2c(OCc3c(F)cccc3F)cc(C(F)F)cn12. The van der Waals surface area contributed by atoms with Crippen molar-refractivity contribution in [3.8, 4) is 5.75 Å². The van der Waals surface area contributed by atoms with E-state index >= 15 is 0 Å². The Morgan fingerprint density at radius 1 is 1.31 bits per heavy atom. The normalized spacial score (nSPS) is 13.4. The first-order valence-electron chi connectivity index (χ1n) is 9.97. The number of nitrogens with two attached hydrogens (primary N) is 1. The van der Waals surface area contributed by atoms with Crippen LogP contribution < -0.4 is 15.8 Å². The molecule has 3 aromatic rings. The van der Waals surface area contributed by atoms with E-state index < -0.39 is 41.7 Å². The molecule has 32 heavy (non-hydrogen) atoms. The van der Waals surface area contributed by atoms with Gasteiger partial charge in [-0.15, -0.1) is 0 Å². The van der Waals surface area contributed by atoms with Crippen LogP contribution in [0.25, 0.3) is 5.65 Å². The minimum absolute atomic E-state index is 0.0383. The van der Waals surface area contributed by atoms with Crippen LogP contribution in [0.2, 0.25) is 0 Å². The molecule has 0 saturated heterocycles. The van der Waals surface area contributed by atoms with E-state index in [0.717, 1.165) is 24.4 Å². The van der Waals surface area contributed by atoms with Gasteiger partial charge >= 0.3 is 0 Å². The van der Waals surface area contributed by atoms with Crippen LogP contribution in [-0.4, -0.2) is 27.4 Å². The summed E-state index contributed by atoms with van der Waals surface area (Å²) < 4.78 is 61.6. The van der Waals surface area contributed by atoms with Gasteiger partial charge in [-0.25, -0.2) is 22.5 Å². The summed E-state index contributed by atoms with van der Waals surface area (Å²) in [7, 11) is 0. The maximum atomic E-state index is 13.9. The van der Waals surface area contributed by atoms with Crippen LogP contribution in [0.1, 0.15) is 54.0 Å². The second-order valence-corrected chi connectivity index (χ2v) is 7.86. The summed E-state index contributed by atoms with van der Waals surface area (Å²) in [5.41, 5.74) is 5.00. The fraction of sp³-hybridized carbons (Fsp3) is 0.364. The van der Waals surface area contributed by atoms with Crippen LogP contribution in [-0.2, 0) is 6.61 Å². The molecule has 0 radical (unpaired) electrons. The zero-order chi connectivity index (χ0) is 23.6. The summed E-state index contributed by atoms with van der Waals surface area (Å²) >= 11 is 0. The Morgan fingerprint density at radius 2 is 1.97 bits per heavy atom. The van der Waals surface area contributed by atoms with Gasteiger partial charge in [-0.05, 0) is 38.5 Å². The molecule has 172 valence electrons. The third kappa shape index (κ3) is 4.85. The van der Waals surface area contributed by atoms with E-state index in [4.69, 9.17) is 10.5 Å². The molecule has 0 aliphatic heterocycles. The van der Waals surface area contributed by atoms with Crippen molar-refractivity contribution in [3.05, 3.63) is 64.6 Å². The maximum Gasteiger partial charge on any atom is 0.270 e. The summed E-state index contributed by atoms with van der Waals surface area (Å²) in [4.78, 5) is 17.1. The quantitative estimate of drug-likeness (QED) is 0.500. The standard InChI is InChI=1S/C22H24F4N4O2/c1-4-22(3,27)11-28-21(31)18-12(2)29-20-17(8-13(19(25)26)9-30(18)20)32-10-14-15(23)6-5-7-16(14)24/h5-9,19H,4,10-11,27H2,1-3H3,(H,28,31). The third-order valence-electron chi connectivity index (χ3n) is 5.24. The van der Waals surface area contributed by atoms with Crippen molar-refractivity contribution >= 4 is 11.6 Å². The monoisotopic (exact) mass is 452 g/mol. The Labute approximate surface area is 182 Å². The molecule has 6 nitrogen and oxygen atoms in total. The largest absolute Gasteiger partial charge is 0.485 e. The number of imidazole rings is 1. The highest BCUT2D eigenvalue weighted by Crippen LogP contribution is 2.30. The number of aromatic nitrogens is 2. The zero-order valence-corrected chi connectivity index (χ0v) is 17.9. The van der Waals surface area contributed by atoms with Crippen LogP contribution in [0.4, 0.5) is 17.6 Å². The number of rotatable bonds is 8. The Kier molecular flexibility index (Phi) is 6.73. The van der Waals surface area contributed by atoms with Crippen LogP contribution in [0.5, 0.6) is 5.75 Å². The molecule has 1 amide bonds. The van der Waals surface area contributed by atoms with Gasteiger partial charge in [-0.1, -0.05) is 13.0 Å². The molecule has 0 saturated carbocycles. The third-order valence-corrected chi connectivity index (χ3v) is 5.24. The molecule has 0 spiro atoms. The van der Waals surface area contributed by atoms with Crippen LogP contribution in [0.15, 0.2) is 30.5 Å². The van der Waals surface area contributed by atoms with E-state index in [1.54, 1.807) is 13.8 Å². The van der Waals surface area contributed by atoms with Crippen molar-refractivity contribution in [3.63, 3.8) is 0 Å². The number of nitrogens with zero attached hydrogens (tertiary/aromatic N) is 2. The summed E-state index contributed by atoms with van der Waals surface area (Å²) in [5, 5.41) is 2.70. The number of hydrogen-bond donors (Lipinski definition) is 2. The molecule has 1 unspecified atom stereocenters. The maximum absolute atomic E-state index is 13.9. The number of pyridine rings is 1. The Hall–Kier alpha value is -3.14. The van der Waals surface area contributed by atoms with E-state index in [-0.39, 0.29) is 34.9 Å². The van der Waals surface area contributed by atoms with Gasteiger partial charge in [-0.3, -0.25) is 9.20 Å². The summed E-state index contributed by atoms with van der Waals surface area (Å²) in [6.45, 7) is 4.82. The summed E-state index contributed by atoms with van der Waals surface area (Å²) in [5.74, 6) is -2.33. The van der Waals surface area contributed by atoms with E-state index in [1.165, 1.54) is 10.5 Å². The Bertz CT molecular complexity index is 1120. The molecular formula is C22H24F4N4O2. The van der Waals surface area contributed by atoms with Crippen molar-refractivity contribution in [2.75, 3.05) is 6.54 Å². The molecule has 0 fully saturated rings. The van der Waals surface area contributed by atoms with Crippen LogP contribution in [0.3, 0.4) is 0 Å². The van der Waals surface area contributed by atoms with Crippen molar-refractivity contribution in [2.24, 2.45) is 5.73 Å². The van der Waals surface area contributed by atoms with E-state index in [1.807, 2.05) is 6.92 Å². The molecule has 10 heteroatoms. The number of ether oxygens (including phenoxy) is 1. The molecular weight excluding hydrogens is 428 g/mol. The van der Waals surface area contributed by atoms with Crippen molar-refractivity contribution in [1.82, 2.24) is 14.7 Å². The topological polar surface area (TPSA) is 81.6 Å². The van der Waals surface area contributed by atoms with Gasteiger partial charge < -0.3 is 15.8 Å². The van der Waals surface area contributed by atoms with Crippen molar-refractivity contribution < 1.29 is 27.1 Å². The first kappa shape index (κ1) is 23.5. The van der Waals surface area contributed by atoms with E-state index in [2.05, 4.69) is 10.3 Å². The predicted molar refractivity (Wildman–Crippen MR) is 111 cm³/mol. The molecule has 0 aliphatic carbocycles.